The molecule has 1 aliphatic heterocycles. The van der Waals surface area contributed by atoms with Crippen LogP contribution in [0.3, 0.4) is 0 Å². The van der Waals surface area contributed by atoms with Gasteiger partial charge in [0.1, 0.15) is 18.8 Å². The summed E-state index contributed by atoms with van der Waals surface area (Å²) in [5.41, 5.74) is 4.51. The first-order valence-corrected chi connectivity index (χ1v) is 12.7. The Morgan fingerprint density at radius 1 is 1.14 bits per heavy atom. The highest BCUT2D eigenvalue weighted by Crippen LogP contribution is 2.50. The number of carboxylic acid groups (broad SMARTS) is 1. The maximum Gasteiger partial charge on any atom is 0.408 e. The summed E-state index contributed by atoms with van der Waals surface area (Å²) < 4.78 is 5.92. The van der Waals surface area contributed by atoms with Gasteiger partial charge in [0, 0.05) is 16.7 Å². The van der Waals surface area contributed by atoms with Crippen molar-refractivity contribution in [2.45, 2.75) is 51.1 Å². The summed E-state index contributed by atoms with van der Waals surface area (Å²) in [6.45, 7) is 7.25. The number of benzene rings is 2. The lowest BCUT2D eigenvalue weighted by atomic mass is 9.69. The zero-order chi connectivity index (χ0) is 26.2. The van der Waals surface area contributed by atoms with Crippen molar-refractivity contribution in [2.24, 2.45) is 0 Å². The van der Waals surface area contributed by atoms with E-state index in [0.717, 1.165) is 52.9 Å². The van der Waals surface area contributed by atoms with Gasteiger partial charge in [-0.25, -0.2) is 9.78 Å². The van der Waals surface area contributed by atoms with E-state index in [1.54, 1.807) is 4.90 Å². The van der Waals surface area contributed by atoms with E-state index in [1.165, 1.54) is 0 Å². The maximum absolute atomic E-state index is 12.3. The molecule has 2 aromatic carbocycles. The monoisotopic (exact) mass is 496 g/mol. The minimum atomic E-state index is -0.891. The fourth-order valence-corrected chi connectivity index (χ4v) is 5.70. The smallest absolute Gasteiger partial charge is 0.408 e. The van der Waals surface area contributed by atoms with Crippen molar-refractivity contribution < 1.29 is 14.6 Å². The van der Waals surface area contributed by atoms with E-state index in [-0.39, 0.29) is 6.54 Å². The van der Waals surface area contributed by atoms with E-state index >= 15 is 0 Å². The highest BCUT2D eigenvalue weighted by atomic mass is 16.5. The molecule has 0 bridgehead atoms. The summed E-state index contributed by atoms with van der Waals surface area (Å²) in [4.78, 5) is 20.9. The first-order chi connectivity index (χ1) is 17.7. The molecule has 0 atom stereocenters. The molecule has 0 unspecified atom stereocenters. The summed E-state index contributed by atoms with van der Waals surface area (Å²) in [6.07, 6.45) is 1.73. The second-order valence-corrected chi connectivity index (χ2v) is 10.8. The van der Waals surface area contributed by atoms with E-state index in [9.17, 15) is 15.2 Å². The summed E-state index contributed by atoms with van der Waals surface area (Å²) >= 11 is 0. The Hall–Kier alpha value is -4.05. The molecule has 5 rings (SSSR count). The molecule has 1 N–H and O–H groups in total. The lowest BCUT2D eigenvalue weighted by Gasteiger charge is -2.54. The molecule has 1 aromatic heterocycles. The van der Waals surface area contributed by atoms with Gasteiger partial charge in [-0.1, -0.05) is 54.6 Å². The van der Waals surface area contributed by atoms with Crippen molar-refractivity contribution in [3.8, 4) is 34.3 Å². The third-order valence-corrected chi connectivity index (χ3v) is 7.42. The van der Waals surface area contributed by atoms with Gasteiger partial charge in [0.25, 0.3) is 0 Å². The summed E-state index contributed by atoms with van der Waals surface area (Å²) in [5, 5.41) is 19.4. The van der Waals surface area contributed by atoms with Crippen LogP contribution in [0.25, 0.3) is 22.4 Å². The lowest BCUT2D eigenvalue weighted by molar-refractivity contribution is -0.0328. The van der Waals surface area contributed by atoms with Crippen LogP contribution in [0.15, 0.2) is 60.7 Å². The van der Waals surface area contributed by atoms with E-state index in [1.807, 2.05) is 56.0 Å². The minimum absolute atomic E-state index is 0.274. The van der Waals surface area contributed by atoms with E-state index in [2.05, 4.69) is 36.4 Å². The number of pyridine rings is 1. The average Bonchev–Trinajstić information content (AvgIpc) is 2.85. The van der Waals surface area contributed by atoms with Gasteiger partial charge in [-0.2, -0.15) is 5.26 Å². The van der Waals surface area contributed by atoms with Gasteiger partial charge in [0.15, 0.2) is 0 Å². The van der Waals surface area contributed by atoms with Gasteiger partial charge >= 0.3 is 6.09 Å². The molecular weight excluding hydrogens is 464 g/mol. The molecule has 2 aliphatic rings. The van der Waals surface area contributed by atoms with Gasteiger partial charge in [-0.15, -0.1) is 0 Å². The fraction of sp³-hybridized carbons (Fsp3) is 0.367. The molecule has 7 nitrogen and oxygen atoms in total. The number of nitriles is 1. The highest BCUT2D eigenvalue weighted by molar-refractivity contribution is 5.85. The zero-order valence-electron chi connectivity index (χ0n) is 21.6. The van der Waals surface area contributed by atoms with Gasteiger partial charge in [0.05, 0.1) is 23.8 Å². The maximum atomic E-state index is 12.3. The van der Waals surface area contributed by atoms with Crippen LogP contribution in [0.1, 0.15) is 45.6 Å². The number of hydrogen-bond acceptors (Lipinski definition) is 5. The first kappa shape index (κ1) is 24.6. The number of aromatic nitrogens is 1. The highest BCUT2D eigenvalue weighted by Gasteiger charge is 2.50. The Morgan fingerprint density at radius 2 is 1.84 bits per heavy atom. The molecule has 1 fully saturated rings. The number of rotatable bonds is 5. The number of ether oxygens (including phenoxy) is 1. The topological polar surface area (TPSA) is 89.7 Å². The Balaban J connectivity index is 1.60. The Labute approximate surface area is 217 Å². The number of carbonyl (C=O) groups is 1. The lowest BCUT2D eigenvalue weighted by Crippen LogP contribution is -2.60. The predicted molar refractivity (Wildman–Crippen MR) is 144 cm³/mol. The molecule has 2 heterocycles. The second-order valence-electron chi connectivity index (χ2n) is 10.8. The Morgan fingerprint density at radius 3 is 2.41 bits per heavy atom. The predicted octanol–water partition coefficient (Wildman–Crippen LogP) is 6.30. The number of fused-ring (bicyclic) bond motifs is 1. The normalized spacial score (nSPS) is 16.1. The summed E-state index contributed by atoms with van der Waals surface area (Å²) in [6, 6.07) is 22.6. The Bertz CT molecular complexity index is 1340. The summed E-state index contributed by atoms with van der Waals surface area (Å²) in [7, 11) is 0. The van der Waals surface area contributed by atoms with Crippen LogP contribution < -0.4 is 9.64 Å². The fourth-order valence-electron chi connectivity index (χ4n) is 5.70. The van der Waals surface area contributed by atoms with Crippen molar-refractivity contribution in [3.63, 3.8) is 0 Å². The van der Waals surface area contributed by atoms with Gasteiger partial charge in [0.2, 0.25) is 5.88 Å². The second kappa shape index (κ2) is 9.44. The van der Waals surface area contributed by atoms with Crippen LogP contribution >= 0.6 is 0 Å². The molecule has 1 aliphatic carbocycles. The van der Waals surface area contributed by atoms with Crippen molar-refractivity contribution >= 4 is 11.8 Å². The van der Waals surface area contributed by atoms with Crippen molar-refractivity contribution in [1.29, 1.82) is 5.26 Å². The minimum Gasteiger partial charge on any atom is -0.474 e. The van der Waals surface area contributed by atoms with Gasteiger partial charge in [-0.3, -0.25) is 4.90 Å². The van der Waals surface area contributed by atoms with Crippen LogP contribution in [0.4, 0.5) is 10.5 Å². The molecule has 1 saturated carbocycles. The van der Waals surface area contributed by atoms with Crippen LogP contribution in [-0.2, 0) is 5.54 Å². The molecule has 0 saturated heterocycles. The molecule has 0 radical (unpaired) electrons. The molecule has 1 amide bonds. The number of nitrogens with zero attached hydrogens (tertiary/aromatic N) is 4. The number of amides is 1. The largest absolute Gasteiger partial charge is 0.474 e. The van der Waals surface area contributed by atoms with E-state index in [4.69, 9.17) is 9.72 Å². The number of anilines is 1. The van der Waals surface area contributed by atoms with Crippen LogP contribution in [-0.4, -0.2) is 46.3 Å². The standard InChI is InChI=1S/C30H32N4O3/c1-29(2,3)34(28(35)36)30(14-7-15-30)23-12-10-22(11-13-23)26-24(21-8-5-4-6-9-21)20-25-27(32-26)37-19-18-33(25)17-16-31/h4-6,8-13,20H,7,14-15,17-19H2,1-3H3,(H,35,36). The Kier molecular flexibility index (Phi) is 6.28. The SMILES string of the molecule is CC(C)(C)N(C(=O)O)C1(c2ccc(-c3nc4c(cc3-c3ccccc3)N(CC#N)CCO4)cc2)CCC1. The van der Waals surface area contributed by atoms with Crippen molar-refractivity contribution in [3.05, 3.63) is 66.2 Å². The molecule has 190 valence electrons. The molecule has 0 spiro atoms. The quantitative estimate of drug-likeness (QED) is 0.417. The third kappa shape index (κ3) is 4.37. The summed E-state index contributed by atoms with van der Waals surface area (Å²) in [5.74, 6) is 0.528. The van der Waals surface area contributed by atoms with E-state index in [0.29, 0.717) is 19.0 Å². The zero-order valence-corrected chi connectivity index (χ0v) is 21.6. The van der Waals surface area contributed by atoms with Gasteiger partial charge in [-0.05, 0) is 57.2 Å². The van der Waals surface area contributed by atoms with Crippen LogP contribution in [0.2, 0.25) is 0 Å². The van der Waals surface area contributed by atoms with Gasteiger partial charge < -0.3 is 14.7 Å². The van der Waals surface area contributed by atoms with Crippen LogP contribution in [0.5, 0.6) is 5.88 Å². The molecule has 37 heavy (non-hydrogen) atoms. The van der Waals surface area contributed by atoms with Crippen molar-refractivity contribution in [2.75, 3.05) is 24.6 Å². The molecular formula is C30H32N4O3. The molecule has 3 aromatic rings. The van der Waals surface area contributed by atoms with Crippen LogP contribution in [0, 0.1) is 11.3 Å². The van der Waals surface area contributed by atoms with Crippen molar-refractivity contribution in [1.82, 2.24) is 9.88 Å². The third-order valence-electron chi connectivity index (χ3n) is 7.42. The molecule has 7 heteroatoms. The van der Waals surface area contributed by atoms with E-state index < -0.39 is 17.2 Å². The number of hydrogen-bond donors (Lipinski definition) is 1. The first-order valence-electron chi connectivity index (χ1n) is 12.7. The average molecular weight is 497 g/mol.